The number of hydrogen-bond donors (Lipinski definition) is 1. The number of ether oxygens (including phenoxy) is 1. The van der Waals surface area contributed by atoms with Crippen LogP contribution in [0.15, 0.2) is 23.6 Å². The van der Waals surface area contributed by atoms with E-state index < -0.39 is 4.92 Å². The zero-order valence-electron chi connectivity index (χ0n) is 13.7. The Hall–Kier alpha value is -1.99. The van der Waals surface area contributed by atoms with Gasteiger partial charge in [0.05, 0.1) is 28.3 Å². The largest absolute Gasteiger partial charge is 0.380 e. The van der Waals surface area contributed by atoms with Crippen LogP contribution in [0, 0.1) is 10.1 Å². The third-order valence-electron chi connectivity index (χ3n) is 3.45. The average Bonchev–Trinajstić information content (AvgIpc) is 2.99. The molecule has 0 radical (unpaired) electrons. The Kier molecular flexibility index (Phi) is 5.68. The van der Waals surface area contributed by atoms with Crippen molar-refractivity contribution in [2.45, 2.75) is 39.3 Å². The molecule has 0 fully saturated rings. The van der Waals surface area contributed by atoms with Gasteiger partial charge in [0.2, 0.25) is 0 Å². The summed E-state index contributed by atoms with van der Waals surface area (Å²) in [6, 6.07) is 4.77. The summed E-state index contributed by atoms with van der Waals surface area (Å²) in [5, 5.41) is 17.4. The van der Waals surface area contributed by atoms with E-state index in [2.05, 4.69) is 24.1 Å². The van der Waals surface area contributed by atoms with Gasteiger partial charge in [0.25, 0.3) is 5.69 Å². The van der Waals surface area contributed by atoms with Crippen molar-refractivity contribution >= 4 is 22.7 Å². The van der Waals surface area contributed by atoms with Crippen LogP contribution in [0.3, 0.4) is 0 Å². The Balaban J connectivity index is 2.21. The number of methoxy groups -OCH3 is 1. The number of hydrogen-bond acceptors (Lipinski definition) is 6. The first-order valence-corrected chi connectivity index (χ1v) is 8.28. The van der Waals surface area contributed by atoms with E-state index >= 15 is 0 Å². The molecule has 1 atom stereocenters. The van der Waals surface area contributed by atoms with Crippen molar-refractivity contribution < 1.29 is 9.66 Å². The number of aromatic nitrogens is 1. The van der Waals surface area contributed by atoms with E-state index in [1.807, 2.05) is 12.3 Å². The van der Waals surface area contributed by atoms with Crippen molar-refractivity contribution in [1.29, 1.82) is 0 Å². The van der Waals surface area contributed by atoms with E-state index in [1.54, 1.807) is 30.6 Å². The van der Waals surface area contributed by atoms with Crippen LogP contribution in [0.25, 0.3) is 0 Å². The second-order valence-corrected chi connectivity index (χ2v) is 6.55. The van der Waals surface area contributed by atoms with Crippen LogP contribution in [0.2, 0.25) is 0 Å². The number of nitrogens with zero attached hydrogens (tertiary/aromatic N) is 2. The summed E-state index contributed by atoms with van der Waals surface area (Å²) >= 11 is 1.65. The third-order valence-corrected chi connectivity index (χ3v) is 4.61. The first kappa shape index (κ1) is 17.4. The molecule has 6 nitrogen and oxygen atoms in total. The molecular formula is C16H21N3O3S. The van der Waals surface area contributed by atoms with Crippen LogP contribution in [0.4, 0.5) is 11.4 Å². The number of nitro groups is 1. The van der Waals surface area contributed by atoms with Crippen molar-refractivity contribution in [2.75, 3.05) is 12.4 Å². The van der Waals surface area contributed by atoms with Gasteiger partial charge in [0.1, 0.15) is 0 Å². The lowest BCUT2D eigenvalue weighted by Gasteiger charge is -2.16. The smallest absolute Gasteiger partial charge is 0.269 e. The highest BCUT2D eigenvalue weighted by atomic mass is 32.1. The van der Waals surface area contributed by atoms with Gasteiger partial charge in [0.15, 0.2) is 0 Å². The maximum atomic E-state index is 10.9. The monoisotopic (exact) mass is 335 g/mol. The van der Waals surface area contributed by atoms with E-state index in [-0.39, 0.29) is 11.7 Å². The lowest BCUT2D eigenvalue weighted by Crippen LogP contribution is -2.10. The molecule has 1 heterocycles. The molecule has 2 aromatic rings. The quantitative estimate of drug-likeness (QED) is 0.595. The SMILES string of the molecule is COCc1cc([N+](=O)[O-])ccc1NC(C)c1csc(C(C)C)n1. The Bertz CT molecular complexity index is 685. The summed E-state index contributed by atoms with van der Waals surface area (Å²) in [5.74, 6) is 0.407. The molecule has 1 aromatic heterocycles. The molecule has 0 spiro atoms. The van der Waals surface area contributed by atoms with Gasteiger partial charge in [-0.25, -0.2) is 4.98 Å². The Morgan fingerprint density at radius 3 is 2.70 bits per heavy atom. The zero-order chi connectivity index (χ0) is 17.0. The number of nitro benzene ring substituents is 1. The first-order valence-electron chi connectivity index (χ1n) is 7.40. The molecule has 0 aliphatic carbocycles. The summed E-state index contributed by atoms with van der Waals surface area (Å²) in [6.45, 7) is 6.57. The standard InChI is InChI=1S/C16H21N3O3S/c1-10(2)16-18-15(9-23-16)11(3)17-14-6-5-13(19(20)21)7-12(14)8-22-4/h5-7,9-11,17H,8H2,1-4H3. The fourth-order valence-electron chi connectivity index (χ4n) is 2.18. The summed E-state index contributed by atoms with van der Waals surface area (Å²) in [4.78, 5) is 15.2. The topological polar surface area (TPSA) is 77.3 Å². The number of non-ortho nitro benzene ring substituents is 1. The molecule has 1 aromatic carbocycles. The van der Waals surface area contributed by atoms with Gasteiger partial charge < -0.3 is 10.1 Å². The second kappa shape index (κ2) is 7.52. The lowest BCUT2D eigenvalue weighted by atomic mass is 10.1. The maximum absolute atomic E-state index is 10.9. The second-order valence-electron chi connectivity index (χ2n) is 5.66. The fraction of sp³-hybridized carbons (Fsp3) is 0.438. The molecule has 2 rings (SSSR count). The molecule has 0 aliphatic heterocycles. The van der Waals surface area contributed by atoms with Crippen molar-refractivity contribution in [2.24, 2.45) is 0 Å². The van der Waals surface area contributed by atoms with E-state index in [4.69, 9.17) is 4.74 Å². The van der Waals surface area contributed by atoms with E-state index in [0.717, 1.165) is 22.0 Å². The molecule has 0 saturated carbocycles. The Morgan fingerprint density at radius 1 is 1.39 bits per heavy atom. The summed E-state index contributed by atoms with van der Waals surface area (Å²) in [5.41, 5.74) is 2.61. The number of anilines is 1. The molecule has 124 valence electrons. The normalized spacial score (nSPS) is 12.4. The molecule has 7 heteroatoms. The van der Waals surface area contributed by atoms with Crippen LogP contribution in [-0.4, -0.2) is 17.0 Å². The van der Waals surface area contributed by atoms with Crippen molar-refractivity contribution in [1.82, 2.24) is 4.98 Å². The molecule has 0 bridgehead atoms. The highest BCUT2D eigenvalue weighted by Gasteiger charge is 2.15. The van der Waals surface area contributed by atoms with Gasteiger partial charge in [-0.2, -0.15) is 0 Å². The highest BCUT2D eigenvalue weighted by Crippen LogP contribution is 2.28. The molecule has 23 heavy (non-hydrogen) atoms. The summed E-state index contributed by atoms with van der Waals surface area (Å²) < 4.78 is 5.15. The zero-order valence-corrected chi connectivity index (χ0v) is 14.5. The third kappa shape index (κ3) is 4.27. The number of rotatable bonds is 7. The van der Waals surface area contributed by atoms with Crippen LogP contribution < -0.4 is 5.32 Å². The molecular weight excluding hydrogens is 314 g/mol. The van der Waals surface area contributed by atoms with Crippen LogP contribution >= 0.6 is 11.3 Å². The van der Waals surface area contributed by atoms with Gasteiger partial charge in [-0.05, 0) is 13.0 Å². The number of benzene rings is 1. The summed E-state index contributed by atoms with van der Waals surface area (Å²) in [7, 11) is 1.57. The maximum Gasteiger partial charge on any atom is 0.269 e. The molecule has 1 unspecified atom stereocenters. The minimum Gasteiger partial charge on any atom is -0.380 e. The molecule has 0 aliphatic rings. The van der Waals surface area contributed by atoms with Crippen molar-refractivity contribution in [3.05, 3.63) is 50.0 Å². The number of nitrogens with one attached hydrogen (secondary N) is 1. The average molecular weight is 335 g/mol. The summed E-state index contributed by atoms with van der Waals surface area (Å²) in [6.07, 6.45) is 0. The molecule has 1 N–H and O–H groups in total. The van der Waals surface area contributed by atoms with Gasteiger partial charge in [-0.15, -0.1) is 11.3 Å². The minimum atomic E-state index is -0.401. The van der Waals surface area contributed by atoms with Crippen LogP contribution in [-0.2, 0) is 11.3 Å². The number of thiazole rings is 1. The van der Waals surface area contributed by atoms with Crippen LogP contribution in [0.1, 0.15) is 49.0 Å². The van der Waals surface area contributed by atoms with E-state index in [0.29, 0.717) is 12.5 Å². The Labute approximate surface area is 139 Å². The van der Waals surface area contributed by atoms with Crippen LogP contribution in [0.5, 0.6) is 0 Å². The highest BCUT2D eigenvalue weighted by molar-refractivity contribution is 7.09. The van der Waals surface area contributed by atoms with Crippen molar-refractivity contribution in [3.8, 4) is 0 Å². The Morgan fingerprint density at radius 2 is 2.13 bits per heavy atom. The van der Waals surface area contributed by atoms with E-state index in [1.165, 1.54) is 6.07 Å². The van der Waals surface area contributed by atoms with Crippen molar-refractivity contribution in [3.63, 3.8) is 0 Å². The predicted octanol–water partition coefficient (Wildman–Crippen LogP) is 4.49. The van der Waals surface area contributed by atoms with E-state index in [9.17, 15) is 10.1 Å². The van der Waals surface area contributed by atoms with Gasteiger partial charge >= 0.3 is 0 Å². The molecule has 0 saturated heterocycles. The lowest BCUT2D eigenvalue weighted by molar-refractivity contribution is -0.384. The van der Waals surface area contributed by atoms with Gasteiger partial charge in [-0.1, -0.05) is 13.8 Å². The molecule has 0 amide bonds. The van der Waals surface area contributed by atoms with Gasteiger partial charge in [0, 0.05) is 41.8 Å². The predicted molar refractivity (Wildman–Crippen MR) is 92.1 cm³/mol. The van der Waals surface area contributed by atoms with Gasteiger partial charge in [-0.3, -0.25) is 10.1 Å². The first-order chi connectivity index (χ1) is 10.9. The fourth-order valence-corrected chi connectivity index (χ4v) is 3.11. The minimum absolute atomic E-state index is 0.0100.